The number of carbonyl (C=O) groups is 4. The number of carboxylic acids is 1. The third-order valence-corrected chi connectivity index (χ3v) is 3.63. The van der Waals surface area contributed by atoms with Gasteiger partial charge in [-0.3, -0.25) is 14.5 Å². The van der Waals surface area contributed by atoms with Crippen LogP contribution in [0.25, 0.3) is 0 Å². The Bertz CT molecular complexity index is 708. The number of carboxylic acid groups (broad SMARTS) is 2. The average Bonchev–Trinajstić information content (AvgIpc) is 2.69. The first-order valence-corrected chi connectivity index (χ1v) is 8.62. The molecule has 0 saturated heterocycles. The van der Waals surface area contributed by atoms with Crippen molar-refractivity contribution in [3.05, 3.63) is 23.4 Å². The number of amides is 2. The minimum atomic E-state index is -1.15. The second-order valence-corrected chi connectivity index (χ2v) is 6.00. The van der Waals surface area contributed by atoms with Gasteiger partial charge in [-0.15, -0.1) is 0 Å². The fourth-order valence-corrected chi connectivity index (χ4v) is 2.24. The van der Waals surface area contributed by atoms with Crippen LogP contribution in [0.1, 0.15) is 36.7 Å². The topological polar surface area (TPSA) is 147 Å². The Balaban J connectivity index is 0.00000245. The van der Waals surface area contributed by atoms with E-state index < -0.39 is 12.1 Å². The third kappa shape index (κ3) is 8.13. The van der Waals surface area contributed by atoms with E-state index in [0.717, 1.165) is 0 Å². The van der Waals surface area contributed by atoms with Gasteiger partial charge in [-0.05, 0) is 13.0 Å². The van der Waals surface area contributed by atoms with Gasteiger partial charge in [0.2, 0.25) is 5.91 Å². The van der Waals surface area contributed by atoms with E-state index in [2.05, 4.69) is 4.98 Å². The van der Waals surface area contributed by atoms with E-state index in [9.17, 15) is 19.5 Å². The number of carbonyl (C=O) groups excluding carboxylic acids is 2. The Morgan fingerprint density at radius 3 is 2.34 bits per heavy atom. The average molecular weight is 413 g/mol. The lowest BCUT2D eigenvalue weighted by Gasteiger charge is -2.25. The number of aromatic nitrogens is 1. The van der Waals surface area contributed by atoms with Gasteiger partial charge >= 0.3 is 12.1 Å². The number of ether oxygens (including phenoxy) is 2. The fraction of sp³-hybridized carbons (Fsp3) is 0.500. The number of methoxy groups -OCH3 is 1. The summed E-state index contributed by atoms with van der Waals surface area (Å²) in [5, 5.41) is 16.1. The maximum Gasteiger partial charge on any atom is 0.412 e. The molecule has 2 N–H and O–H groups in total. The van der Waals surface area contributed by atoms with Crippen molar-refractivity contribution in [2.45, 2.75) is 27.3 Å². The molecule has 0 aliphatic heterocycles. The highest BCUT2D eigenvalue weighted by atomic mass is 16.7. The molecular weight excluding hydrogens is 386 g/mol. The van der Waals surface area contributed by atoms with E-state index in [4.69, 9.17) is 19.4 Å². The Hall–Kier alpha value is -3.21. The van der Waals surface area contributed by atoms with Gasteiger partial charge in [-0.25, -0.2) is 14.6 Å². The van der Waals surface area contributed by atoms with E-state index in [0.29, 0.717) is 17.9 Å². The van der Waals surface area contributed by atoms with E-state index in [-0.39, 0.29) is 37.2 Å². The van der Waals surface area contributed by atoms with Gasteiger partial charge in [-0.1, -0.05) is 13.8 Å². The molecule has 0 radical (unpaired) electrons. The summed E-state index contributed by atoms with van der Waals surface area (Å²) in [6.45, 7) is 5.18. The molecular formula is C18H27N3O8. The predicted octanol–water partition coefficient (Wildman–Crippen LogP) is 1.66. The number of aromatic carboxylic acids is 1. The molecule has 0 aliphatic carbocycles. The van der Waals surface area contributed by atoms with Crippen molar-refractivity contribution in [2.75, 3.05) is 32.4 Å². The molecule has 0 spiro atoms. The van der Waals surface area contributed by atoms with Gasteiger partial charge in [0.1, 0.15) is 5.82 Å². The van der Waals surface area contributed by atoms with Crippen LogP contribution >= 0.6 is 0 Å². The van der Waals surface area contributed by atoms with Crippen LogP contribution in [-0.4, -0.2) is 72.0 Å². The summed E-state index contributed by atoms with van der Waals surface area (Å²) >= 11 is 0. The van der Waals surface area contributed by atoms with Crippen LogP contribution in [-0.2, 0) is 25.6 Å². The lowest BCUT2D eigenvalue weighted by molar-refractivity contribution is -0.123. The van der Waals surface area contributed by atoms with Crippen LogP contribution in [0, 0.1) is 5.92 Å². The monoisotopic (exact) mass is 413 g/mol. The molecule has 0 aromatic carbocycles. The Morgan fingerprint density at radius 1 is 1.31 bits per heavy atom. The molecule has 1 rings (SSSR count). The summed E-state index contributed by atoms with van der Waals surface area (Å²) in [7, 11) is 2.96. The molecule has 11 heteroatoms. The zero-order valence-electron chi connectivity index (χ0n) is 17.1. The smallest absolute Gasteiger partial charge is 0.412 e. The molecule has 2 amide bonds. The fourth-order valence-electron chi connectivity index (χ4n) is 2.24. The maximum absolute atomic E-state index is 12.3. The van der Waals surface area contributed by atoms with Gasteiger partial charge in [0.25, 0.3) is 6.47 Å². The standard InChI is InChI=1S/C17H25N3O6.CH2O2/c1-6-20(17(24)26-10-25-5)9-13-7-12(16(22)23)8-18-14(13)19(4)15(21)11(2)3;2-1-3/h7-8,11H,6,9-10H2,1-5H3,(H,22,23);1H,(H,2,3). The molecule has 0 unspecified atom stereocenters. The molecule has 1 heterocycles. The zero-order valence-corrected chi connectivity index (χ0v) is 17.1. The highest BCUT2D eigenvalue weighted by Crippen LogP contribution is 2.22. The van der Waals surface area contributed by atoms with Crippen molar-refractivity contribution in [2.24, 2.45) is 5.92 Å². The summed E-state index contributed by atoms with van der Waals surface area (Å²) in [5.74, 6) is -1.28. The summed E-state index contributed by atoms with van der Waals surface area (Å²) < 4.78 is 9.64. The number of anilines is 1. The lowest BCUT2D eigenvalue weighted by Crippen LogP contribution is -2.35. The predicted molar refractivity (Wildman–Crippen MR) is 103 cm³/mol. The molecule has 1 aromatic heterocycles. The summed E-state index contributed by atoms with van der Waals surface area (Å²) in [6, 6.07) is 1.40. The maximum atomic E-state index is 12.3. The quantitative estimate of drug-likeness (QED) is 0.479. The number of hydrogen-bond donors (Lipinski definition) is 2. The van der Waals surface area contributed by atoms with Gasteiger partial charge in [0, 0.05) is 38.4 Å². The van der Waals surface area contributed by atoms with Crippen LogP contribution in [0.15, 0.2) is 12.3 Å². The van der Waals surface area contributed by atoms with E-state index in [1.807, 2.05) is 0 Å². The minimum Gasteiger partial charge on any atom is -0.483 e. The SMILES string of the molecule is CCN(Cc1cc(C(=O)O)cnc1N(C)C(=O)C(C)C)C(=O)OCOC.O=CO. The Kier molecular flexibility index (Phi) is 11.6. The van der Waals surface area contributed by atoms with E-state index in [1.54, 1.807) is 27.8 Å². The van der Waals surface area contributed by atoms with E-state index >= 15 is 0 Å². The van der Waals surface area contributed by atoms with E-state index in [1.165, 1.54) is 29.2 Å². The molecule has 0 fully saturated rings. The van der Waals surface area contributed by atoms with Crippen molar-refractivity contribution in [1.29, 1.82) is 0 Å². The van der Waals surface area contributed by atoms with Crippen LogP contribution in [0.4, 0.5) is 10.6 Å². The van der Waals surface area contributed by atoms with Gasteiger partial charge in [0.05, 0.1) is 12.1 Å². The number of hydrogen-bond acceptors (Lipinski definition) is 7. The molecule has 11 nitrogen and oxygen atoms in total. The second-order valence-electron chi connectivity index (χ2n) is 6.00. The first-order valence-electron chi connectivity index (χ1n) is 8.62. The zero-order chi connectivity index (χ0) is 22.6. The van der Waals surface area contributed by atoms with Crippen molar-refractivity contribution >= 4 is 30.3 Å². The van der Waals surface area contributed by atoms with Gasteiger partial charge in [0.15, 0.2) is 6.79 Å². The number of pyridine rings is 1. The van der Waals surface area contributed by atoms with Crippen LogP contribution < -0.4 is 4.90 Å². The largest absolute Gasteiger partial charge is 0.483 e. The molecule has 29 heavy (non-hydrogen) atoms. The van der Waals surface area contributed by atoms with Crippen molar-refractivity contribution in [1.82, 2.24) is 9.88 Å². The van der Waals surface area contributed by atoms with Crippen molar-refractivity contribution < 1.29 is 38.9 Å². The van der Waals surface area contributed by atoms with Crippen LogP contribution in [0.5, 0.6) is 0 Å². The molecule has 0 bridgehead atoms. The van der Waals surface area contributed by atoms with Gasteiger partial charge < -0.3 is 24.6 Å². The number of nitrogens with zero attached hydrogens (tertiary/aromatic N) is 3. The normalized spacial score (nSPS) is 9.86. The lowest BCUT2D eigenvalue weighted by atomic mass is 10.1. The molecule has 0 aliphatic rings. The first-order chi connectivity index (χ1) is 13.6. The molecule has 0 saturated carbocycles. The second kappa shape index (κ2) is 13.0. The molecule has 0 atom stereocenters. The summed E-state index contributed by atoms with van der Waals surface area (Å²) in [4.78, 5) is 50.9. The van der Waals surface area contributed by atoms with Gasteiger partial charge in [-0.2, -0.15) is 0 Å². The third-order valence-electron chi connectivity index (χ3n) is 3.63. The first kappa shape index (κ1) is 25.8. The summed E-state index contributed by atoms with van der Waals surface area (Å²) in [6.07, 6.45) is 0.573. The highest BCUT2D eigenvalue weighted by Gasteiger charge is 2.23. The number of rotatable bonds is 8. The molecule has 162 valence electrons. The van der Waals surface area contributed by atoms with Crippen molar-refractivity contribution in [3.8, 4) is 0 Å². The molecule has 1 aromatic rings. The Labute approximate surface area is 168 Å². The highest BCUT2D eigenvalue weighted by molar-refractivity contribution is 5.94. The van der Waals surface area contributed by atoms with Crippen LogP contribution in [0.2, 0.25) is 0 Å². The Morgan fingerprint density at radius 2 is 1.90 bits per heavy atom. The van der Waals surface area contributed by atoms with Crippen LogP contribution in [0.3, 0.4) is 0 Å². The van der Waals surface area contributed by atoms with Crippen molar-refractivity contribution in [3.63, 3.8) is 0 Å². The minimum absolute atomic E-state index is 0.0320. The summed E-state index contributed by atoms with van der Waals surface area (Å²) in [5.41, 5.74) is 0.396.